The van der Waals surface area contributed by atoms with Crippen LogP contribution in [0.25, 0.3) is 0 Å². The molecule has 1 heterocycles. The van der Waals surface area contributed by atoms with Gasteiger partial charge in [-0.05, 0) is 6.92 Å². The summed E-state index contributed by atoms with van der Waals surface area (Å²) >= 11 is 4.10. The molecular formula is C6H11NOS. The van der Waals surface area contributed by atoms with E-state index in [1.807, 2.05) is 6.92 Å². The highest BCUT2D eigenvalue weighted by Gasteiger charge is 2.24. The average Bonchev–Trinajstić information content (AvgIpc) is 2.15. The maximum Gasteiger partial charge on any atom is 0.132 e. The van der Waals surface area contributed by atoms with E-state index in [9.17, 15) is 0 Å². The van der Waals surface area contributed by atoms with Gasteiger partial charge in [0.25, 0.3) is 0 Å². The highest BCUT2D eigenvalue weighted by atomic mass is 32.1. The first-order chi connectivity index (χ1) is 4.25. The first-order valence-corrected chi connectivity index (χ1v) is 3.72. The van der Waals surface area contributed by atoms with Crippen molar-refractivity contribution in [2.45, 2.75) is 20.0 Å². The van der Waals surface area contributed by atoms with Crippen molar-refractivity contribution < 1.29 is 4.84 Å². The van der Waals surface area contributed by atoms with Crippen LogP contribution in [0.1, 0.15) is 13.8 Å². The average molecular weight is 145 g/mol. The van der Waals surface area contributed by atoms with Gasteiger partial charge in [0.1, 0.15) is 6.10 Å². The molecule has 2 atom stereocenters. The molecule has 0 N–H and O–H groups in total. The summed E-state index contributed by atoms with van der Waals surface area (Å²) in [7, 11) is 0. The number of oxime groups is 1. The van der Waals surface area contributed by atoms with Crippen LogP contribution in [0.2, 0.25) is 0 Å². The van der Waals surface area contributed by atoms with E-state index in [0.717, 1.165) is 5.71 Å². The van der Waals surface area contributed by atoms with Crippen LogP contribution in [0, 0.1) is 5.92 Å². The molecule has 0 saturated carbocycles. The van der Waals surface area contributed by atoms with Gasteiger partial charge in [0, 0.05) is 11.7 Å². The Kier molecular flexibility index (Phi) is 2.01. The van der Waals surface area contributed by atoms with Gasteiger partial charge in [-0.1, -0.05) is 12.1 Å². The van der Waals surface area contributed by atoms with E-state index in [0.29, 0.717) is 11.7 Å². The molecule has 0 saturated heterocycles. The van der Waals surface area contributed by atoms with Crippen LogP contribution in [-0.4, -0.2) is 17.6 Å². The van der Waals surface area contributed by atoms with Crippen LogP contribution in [-0.2, 0) is 4.84 Å². The fourth-order valence-electron chi connectivity index (χ4n) is 0.769. The summed E-state index contributed by atoms with van der Waals surface area (Å²) in [6.45, 7) is 4.12. The van der Waals surface area contributed by atoms with Gasteiger partial charge in [-0.25, -0.2) is 0 Å². The van der Waals surface area contributed by atoms with Gasteiger partial charge in [0.2, 0.25) is 0 Å². The van der Waals surface area contributed by atoms with E-state index in [-0.39, 0.29) is 6.10 Å². The second-order valence-corrected chi connectivity index (χ2v) is 2.66. The molecule has 0 aromatic heterocycles. The number of hydrogen-bond acceptors (Lipinski definition) is 3. The minimum atomic E-state index is 0.243. The van der Waals surface area contributed by atoms with E-state index in [4.69, 9.17) is 4.84 Å². The Morgan fingerprint density at radius 2 is 2.33 bits per heavy atom. The fourth-order valence-corrected chi connectivity index (χ4v) is 1.11. The third kappa shape index (κ3) is 1.21. The molecule has 2 nitrogen and oxygen atoms in total. The van der Waals surface area contributed by atoms with Gasteiger partial charge in [-0.3, -0.25) is 0 Å². The van der Waals surface area contributed by atoms with Crippen molar-refractivity contribution in [1.82, 2.24) is 0 Å². The van der Waals surface area contributed by atoms with Gasteiger partial charge in [-0.15, -0.1) is 0 Å². The molecule has 1 unspecified atom stereocenters. The minimum absolute atomic E-state index is 0.243. The third-order valence-electron chi connectivity index (χ3n) is 1.73. The SMILES string of the molecule is CC1C(CS)=NO[C@@H]1C. The summed E-state index contributed by atoms with van der Waals surface area (Å²) in [5, 5.41) is 3.86. The zero-order valence-electron chi connectivity index (χ0n) is 5.66. The Hall–Kier alpha value is -0.180. The van der Waals surface area contributed by atoms with Crippen LogP contribution < -0.4 is 0 Å². The maximum absolute atomic E-state index is 5.01. The Labute approximate surface area is 60.7 Å². The van der Waals surface area contributed by atoms with Gasteiger partial charge in [0.05, 0.1) is 5.71 Å². The van der Waals surface area contributed by atoms with Crippen molar-refractivity contribution in [2.24, 2.45) is 11.1 Å². The van der Waals surface area contributed by atoms with E-state index >= 15 is 0 Å². The van der Waals surface area contributed by atoms with Crippen LogP contribution >= 0.6 is 12.6 Å². The molecule has 0 bridgehead atoms. The lowest BCUT2D eigenvalue weighted by Gasteiger charge is -2.05. The van der Waals surface area contributed by atoms with Crippen molar-refractivity contribution in [1.29, 1.82) is 0 Å². The Morgan fingerprint density at radius 1 is 1.67 bits per heavy atom. The Balaban J connectivity index is 2.55. The van der Waals surface area contributed by atoms with E-state index in [2.05, 4.69) is 24.7 Å². The highest BCUT2D eigenvalue weighted by Crippen LogP contribution is 2.17. The molecule has 0 aliphatic carbocycles. The summed E-state index contributed by atoms with van der Waals surface area (Å²) in [6, 6.07) is 0. The molecule has 1 aliphatic rings. The standard InChI is InChI=1S/C6H11NOS/c1-4-5(2)8-7-6(4)3-9/h4-5,9H,3H2,1-2H3/t4?,5-/m1/s1. The number of rotatable bonds is 1. The van der Waals surface area contributed by atoms with E-state index < -0.39 is 0 Å². The zero-order chi connectivity index (χ0) is 6.85. The molecule has 3 heteroatoms. The molecular weight excluding hydrogens is 134 g/mol. The maximum atomic E-state index is 5.01. The van der Waals surface area contributed by atoms with E-state index in [1.54, 1.807) is 0 Å². The van der Waals surface area contributed by atoms with Crippen molar-refractivity contribution in [3.8, 4) is 0 Å². The lowest BCUT2D eigenvalue weighted by Crippen LogP contribution is -2.17. The van der Waals surface area contributed by atoms with Crippen LogP contribution in [0.15, 0.2) is 5.16 Å². The molecule has 1 aliphatic heterocycles. The van der Waals surface area contributed by atoms with Crippen molar-refractivity contribution in [2.75, 3.05) is 5.75 Å². The summed E-state index contributed by atoms with van der Waals surface area (Å²) in [4.78, 5) is 5.01. The molecule has 0 radical (unpaired) electrons. The molecule has 0 aromatic carbocycles. The summed E-state index contributed by atoms with van der Waals surface area (Å²) in [5.74, 6) is 1.16. The second kappa shape index (κ2) is 2.60. The monoisotopic (exact) mass is 145 g/mol. The van der Waals surface area contributed by atoms with Crippen molar-refractivity contribution in [3.05, 3.63) is 0 Å². The third-order valence-corrected chi connectivity index (χ3v) is 2.05. The first-order valence-electron chi connectivity index (χ1n) is 3.09. The Morgan fingerprint density at radius 3 is 2.56 bits per heavy atom. The quantitative estimate of drug-likeness (QED) is 0.552. The van der Waals surface area contributed by atoms with E-state index in [1.165, 1.54) is 0 Å². The number of thiol groups is 1. The predicted octanol–water partition coefficient (Wildman–Crippen LogP) is 1.33. The van der Waals surface area contributed by atoms with Gasteiger partial charge < -0.3 is 4.84 Å². The molecule has 0 spiro atoms. The van der Waals surface area contributed by atoms with Gasteiger partial charge >= 0.3 is 0 Å². The highest BCUT2D eigenvalue weighted by molar-refractivity contribution is 7.81. The minimum Gasteiger partial charge on any atom is -0.392 e. The first kappa shape index (κ1) is 6.93. The van der Waals surface area contributed by atoms with Gasteiger partial charge in [0.15, 0.2) is 0 Å². The molecule has 9 heavy (non-hydrogen) atoms. The molecule has 0 amide bonds. The van der Waals surface area contributed by atoms with Gasteiger partial charge in [-0.2, -0.15) is 12.6 Å². The second-order valence-electron chi connectivity index (χ2n) is 2.34. The normalized spacial score (nSPS) is 33.9. The van der Waals surface area contributed by atoms with Crippen LogP contribution in [0.3, 0.4) is 0 Å². The molecule has 0 fully saturated rings. The van der Waals surface area contributed by atoms with Crippen molar-refractivity contribution >= 4 is 18.3 Å². The zero-order valence-corrected chi connectivity index (χ0v) is 6.56. The summed E-state index contributed by atoms with van der Waals surface area (Å²) < 4.78 is 0. The lowest BCUT2D eigenvalue weighted by molar-refractivity contribution is 0.0799. The molecule has 0 aromatic rings. The number of hydrogen-bond donors (Lipinski definition) is 1. The number of nitrogens with zero attached hydrogens (tertiary/aromatic N) is 1. The summed E-state index contributed by atoms with van der Waals surface area (Å²) in [5.41, 5.74) is 1.06. The predicted molar refractivity (Wildman–Crippen MR) is 41.0 cm³/mol. The van der Waals surface area contributed by atoms with Crippen LogP contribution in [0.4, 0.5) is 0 Å². The largest absolute Gasteiger partial charge is 0.392 e. The topological polar surface area (TPSA) is 21.6 Å². The smallest absolute Gasteiger partial charge is 0.132 e. The Bertz CT molecular complexity index is 135. The lowest BCUT2D eigenvalue weighted by atomic mass is 10.0. The molecule has 52 valence electrons. The fraction of sp³-hybridized carbons (Fsp3) is 0.833. The summed E-state index contributed by atoms with van der Waals surface area (Å²) in [6.07, 6.45) is 0.243. The molecule has 1 rings (SSSR count). The van der Waals surface area contributed by atoms with Crippen molar-refractivity contribution in [3.63, 3.8) is 0 Å². The van der Waals surface area contributed by atoms with Crippen LogP contribution in [0.5, 0.6) is 0 Å².